The van der Waals surface area contributed by atoms with Gasteiger partial charge in [-0.2, -0.15) is 4.80 Å². The molecule has 0 radical (unpaired) electrons. The van der Waals surface area contributed by atoms with Gasteiger partial charge in [-0.05, 0) is 62.1 Å². The summed E-state index contributed by atoms with van der Waals surface area (Å²) in [6, 6.07) is 14.9. The van der Waals surface area contributed by atoms with Gasteiger partial charge in [-0.15, -0.1) is 10.2 Å². The number of likely N-dealkylation sites (tertiary alicyclic amines) is 1. The lowest BCUT2D eigenvalue weighted by molar-refractivity contribution is -0.117. The smallest absolute Gasteiger partial charge is 0.248 e. The van der Waals surface area contributed by atoms with E-state index in [0.29, 0.717) is 11.9 Å². The second kappa shape index (κ2) is 9.39. The Kier molecular flexibility index (Phi) is 6.42. The third-order valence-electron chi connectivity index (χ3n) is 6.02. The van der Waals surface area contributed by atoms with E-state index in [0.717, 1.165) is 28.9 Å². The first kappa shape index (κ1) is 21.2. The van der Waals surface area contributed by atoms with E-state index in [1.165, 1.54) is 36.2 Å². The number of aromatic nitrogens is 4. The maximum atomic E-state index is 12.4. The molecular formula is C24H30N6O. The van der Waals surface area contributed by atoms with E-state index in [1.54, 1.807) is 0 Å². The number of carbonyl (C=O) groups excluding carboxylic acids is 1. The van der Waals surface area contributed by atoms with Crippen LogP contribution in [0.15, 0.2) is 42.5 Å². The number of amides is 1. The number of aryl methyl sites for hydroxylation is 2. The van der Waals surface area contributed by atoms with Crippen molar-refractivity contribution in [3.63, 3.8) is 0 Å². The molecule has 162 valence electrons. The van der Waals surface area contributed by atoms with Crippen molar-refractivity contribution in [3.8, 4) is 11.4 Å². The van der Waals surface area contributed by atoms with Crippen molar-refractivity contribution in [1.82, 2.24) is 25.1 Å². The van der Waals surface area contributed by atoms with Crippen LogP contribution in [0.4, 0.5) is 5.69 Å². The fourth-order valence-corrected chi connectivity index (χ4v) is 4.13. The standard InChI is InChI=1S/C24H30N6O/c1-17-7-6-8-18(2)23(17)25-22(31)16-30-27-24(26-28-30)21-12-10-20(11-13-21)15-29-14-5-4-9-19(29)3/h6-8,10-13,19H,4-5,9,14-16H2,1-3H3,(H,25,31). The number of nitrogens with one attached hydrogen (secondary N) is 1. The molecule has 1 fully saturated rings. The highest BCUT2D eigenvalue weighted by atomic mass is 16.2. The number of anilines is 1. The minimum atomic E-state index is -0.174. The normalized spacial score (nSPS) is 16.9. The Morgan fingerprint density at radius 2 is 1.84 bits per heavy atom. The maximum absolute atomic E-state index is 12.4. The molecule has 4 rings (SSSR count). The van der Waals surface area contributed by atoms with Crippen LogP contribution in [-0.4, -0.2) is 43.6 Å². The van der Waals surface area contributed by atoms with E-state index in [1.807, 2.05) is 44.2 Å². The number of hydrogen-bond acceptors (Lipinski definition) is 5. The third kappa shape index (κ3) is 5.17. The molecule has 1 aliphatic heterocycles. The summed E-state index contributed by atoms with van der Waals surface area (Å²) in [4.78, 5) is 16.3. The molecule has 0 aliphatic carbocycles. The van der Waals surface area contributed by atoms with E-state index < -0.39 is 0 Å². The third-order valence-corrected chi connectivity index (χ3v) is 6.02. The number of carbonyl (C=O) groups is 1. The van der Waals surface area contributed by atoms with Gasteiger partial charge in [-0.3, -0.25) is 9.69 Å². The van der Waals surface area contributed by atoms with Crippen LogP contribution >= 0.6 is 0 Å². The minimum Gasteiger partial charge on any atom is -0.324 e. The average Bonchev–Trinajstić information content (AvgIpc) is 3.21. The summed E-state index contributed by atoms with van der Waals surface area (Å²) in [5.41, 5.74) is 5.08. The fraction of sp³-hybridized carbons (Fsp3) is 0.417. The zero-order valence-corrected chi connectivity index (χ0v) is 18.5. The molecule has 1 amide bonds. The molecule has 0 spiro atoms. The minimum absolute atomic E-state index is 0.0195. The number of rotatable bonds is 6. The van der Waals surface area contributed by atoms with Crippen molar-refractivity contribution in [2.45, 2.75) is 59.2 Å². The lowest BCUT2D eigenvalue weighted by atomic mass is 10.0. The maximum Gasteiger partial charge on any atom is 0.248 e. The van der Waals surface area contributed by atoms with E-state index >= 15 is 0 Å². The first-order valence-corrected chi connectivity index (χ1v) is 11.0. The molecule has 3 aromatic rings. The fourth-order valence-electron chi connectivity index (χ4n) is 4.13. The zero-order valence-electron chi connectivity index (χ0n) is 18.5. The summed E-state index contributed by atoms with van der Waals surface area (Å²) in [7, 11) is 0. The Labute approximate surface area is 183 Å². The highest BCUT2D eigenvalue weighted by Gasteiger charge is 2.18. The van der Waals surface area contributed by atoms with Crippen LogP contribution < -0.4 is 5.32 Å². The van der Waals surface area contributed by atoms with Crippen molar-refractivity contribution in [3.05, 3.63) is 59.2 Å². The number of hydrogen-bond donors (Lipinski definition) is 1. The van der Waals surface area contributed by atoms with Crippen LogP contribution in [-0.2, 0) is 17.9 Å². The van der Waals surface area contributed by atoms with E-state index in [-0.39, 0.29) is 12.5 Å². The van der Waals surface area contributed by atoms with Gasteiger partial charge >= 0.3 is 0 Å². The summed E-state index contributed by atoms with van der Waals surface area (Å²) in [6.07, 6.45) is 3.90. The molecule has 0 bridgehead atoms. The van der Waals surface area contributed by atoms with Crippen LogP contribution in [0.5, 0.6) is 0 Å². The Morgan fingerprint density at radius 1 is 1.10 bits per heavy atom. The van der Waals surface area contributed by atoms with Crippen molar-refractivity contribution in [2.24, 2.45) is 0 Å². The number of piperidine rings is 1. The van der Waals surface area contributed by atoms with Crippen LogP contribution in [0, 0.1) is 13.8 Å². The van der Waals surface area contributed by atoms with Crippen molar-refractivity contribution in [1.29, 1.82) is 0 Å². The van der Waals surface area contributed by atoms with Gasteiger partial charge < -0.3 is 5.32 Å². The Hall–Kier alpha value is -3.06. The second-order valence-corrected chi connectivity index (χ2v) is 8.47. The lowest BCUT2D eigenvalue weighted by Crippen LogP contribution is -2.36. The monoisotopic (exact) mass is 418 g/mol. The molecule has 2 aromatic carbocycles. The van der Waals surface area contributed by atoms with Crippen molar-refractivity contribution >= 4 is 11.6 Å². The average molecular weight is 419 g/mol. The SMILES string of the molecule is Cc1cccc(C)c1NC(=O)Cn1nnc(-c2ccc(CN3CCCCC3C)cc2)n1. The van der Waals surface area contributed by atoms with E-state index in [2.05, 4.69) is 44.7 Å². The van der Waals surface area contributed by atoms with Gasteiger partial charge in [0.15, 0.2) is 0 Å². The van der Waals surface area contributed by atoms with Crippen molar-refractivity contribution < 1.29 is 4.79 Å². The lowest BCUT2D eigenvalue weighted by Gasteiger charge is -2.33. The van der Waals surface area contributed by atoms with Crippen LogP contribution in [0.3, 0.4) is 0 Å². The first-order chi connectivity index (χ1) is 15.0. The summed E-state index contributed by atoms with van der Waals surface area (Å²) in [5, 5.41) is 15.5. The Balaban J connectivity index is 1.37. The van der Waals surface area contributed by atoms with Gasteiger partial charge in [-0.1, -0.05) is 48.9 Å². The van der Waals surface area contributed by atoms with Crippen LogP contribution in [0.2, 0.25) is 0 Å². The topological polar surface area (TPSA) is 75.9 Å². The largest absolute Gasteiger partial charge is 0.324 e. The highest BCUT2D eigenvalue weighted by molar-refractivity contribution is 5.92. The van der Waals surface area contributed by atoms with Gasteiger partial charge in [0.2, 0.25) is 11.7 Å². The van der Waals surface area contributed by atoms with Gasteiger partial charge in [0.25, 0.3) is 0 Å². The quantitative estimate of drug-likeness (QED) is 0.656. The van der Waals surface area contributed by atoms with Crippen LogP contribution in [0.1, 0.15) is 42.9 Å². The summed E-state index contributed by atoms with van der Waals surface area (Å²) >= 11 is 0. The van der Waals surface area contributed by atoms with Crippen molar-refractivity contribution in [2.75, 3.05) is 11.9 Å². The molecule has 2 heterocycles. The van der Waals surface area contributed by atoms with Gasteiger partial charge in [-0.25, -0.2) is 0 Å². The zero-order chi connectivity index (χ0) is 21.8. The molecule has 7 nitrogen and oxygen atoms in total. The van der Waals surface area contributed by atoms with Gasteiger partial charge in [0, 0.05) is 23.8 Å². The van der Waals surface area contributed by atoms with Gasteiger partial charge in [0.1, 0.15) is 6.54 Å². The number of nitrogens with zero attached hydrogens (tertiary/aromatic N) is 5. The number of para-hydroxylation sites is 1. The number of tetrazole rings is 1. The van der Waals surface area contributed by atoms with Crippen LogP contribution in [0.25, 0.3) is 11.4 Å². The summed E-state index contributed by atoms with van der Waals surface area (Å²) in [6.45, 7) is 8.43. The molecular weight excluding hydrogens is 388 g/mol. The second-order valence-electron chi connectivity index (χ2n) is 8.47. The number of benzene rings is 2. The van der Waals surface area contributed by atoms with E-state index in [9.17, 15) is 4.79 Å². The first-order valence-electron chi connectivity index (χ1n) is 11.0. The molecule has 1 saturated heterocycles. The molecule has 1 unspecified atom stereocenters. The molecule has 1 N–H and O–H groups in total. The predicted molar refractivity (Wildman–Crippen MR) is 122 cm³/mol. The Bertz CT molecular complexity index is 1020. The molecule has 1 atom stereocenters. The van der Waals surface area contributed by atoms with E-state index in [4.69, 9.17) is 0 Å². The highest BCUT2D eigenvalue weighted by Crippen LogP contribution is 2.21. The molecule has 1 aromatic heterocycles. The summed E-state index contributed by atoms with van der Waals surface area (Å²) < 4.78 is 0. The Morgan fingerprint density at radius 3 is 2.55 bits per heavy atom. The predicted octanol–water partition coefficient (Wildman–Crippen LogP) is 3.97. The molecule has 1 aliphatic rings. The summed E-state index contributed by atoms with van der Waals surface area (Å²) in [5.74, 6) is 0.352. The molecule has 7 heteroatoms. The van der Waals surface area contributed by atoms with Gasteiger partial charge in [0.05, 0.1) is 0 Å². The molecule has 0 saturated carbocycles. The molecule has 31 heavy (non-hydrogen) atoms.